The molecule has 0 aliphatic rings. The van der Waals surface area contributed by atoms with Crippen LogP contribution in [0.5, 0.6) is 0 Å². The molecule has 2 aromatic rings. The molecule has 2 unspecified atom stereocenters. The molecule has 7 nitrogen and oxygen atoms in total. The lowest BCUT2D eigenvalue weighted by Gasteiger charge is -2.33. The summed E-state index contributed by atoms with van der Waals surface area (Å²) in [5, 5.41) is 3.23. The Labute approximate surface area is 210 Å². The number of benzene rings is 2. The molecule has 2 rings (SSSR count). The standard InChI is InChI=1S/C24H30ClF2N3O4S/c1-5-16(3)28-24(32)22(6-2)29(14-17-9-7-8-10-19(17)25)23(31)15-30(35(4,33)34)18-11-12-20(26)21(27)13-18/h7-13,16,22H,5-6,14-15H2,1-4H3,(H,28,32). The number of halogens is 3. The number of sulfonamides is 1. The third kappa shape index (κ3) is 7.63. The average molecular weight is 530 g/mol. The first-order chi connectivity index (χ1) is 16.4. The number of hydrogen-bond donors (Lipinski definition) is 1. The molecule has 2 atom stereocenters. The number of carbonyl (C=O) groups excluding carboxylic acids is 2. The van der Waals surface area contributed by atoms with Gasteiger partial charge in [-0.25, -0.2) is 17.2 Å². The zero-order chi connectivity index (χ0) is 26.3. The van der Waals surface area contributed by atoms with E-state index in [0.717, 1.165) is 18.4 Å². The number of nitrogens with one attached hydrogen (secondary N) is 1. The molecule has 0 aliphatic heterocycles. The van der Waals surface area contributed by atoms with Crippen molar-refractivity contribution in [3.8, 4) is 0 Å². The Bertz CT molecular complexity index is 1160. The number of amides is 2. The van der Waals surface area contributed by atoms with Gasteiger partial charge in [-0.1, -0.05) is 43.6 Å². The van der Waals surface area contributed by atoms with Gasteiger partial charge in [-0.3, -0.25) is 13.9 Å². The lowest BCUT2D eigenvalue weighted by atomic mass is 10.1. The molecule has 2 aromatic carbocycles. The lowest BCUT2D eigenvalue weighted by Crippen LogP contribution is -2.53. The minimum atomic E-state index is -4.06. The summed E-state index contributed by atoms with van der Waals surface area (Å²) in [4.78, 5) is 27.8. The van der Waals surface area contributed by atoms with E-state index in [-0.39, 0.29) is 30.6 Å². The van der Waals surface area contributed by atoms with Crippen molar-refractivity contribution in [3.63, 3.8) is 0 Å². The molecule has 0 bridgehead atoms. The first-order valence-electron chi connectivity index (χ1n) is 11.1. The molecule has 0 heterocycles. The molecule has 0 radical (unpaired) electrons. The van der Waals surface area contributed by atoms with Crippen LogP contribution in [0.15, 0.2) is 42.5 Å². The quantitative estimate of drug-likeness (QED) is 0.474. The van der Waals surface area contributed by atoms with Gasteiger partial charge in [0.15, 0.2) is 11.6 Å². The fourth-order valence-electron chi connectivity index (χ4n) is 3.42. The summed E-state index contributed by atoms with van der Waals surface area (Å²) < 4.78 is 52.9. The van der Waals surface area contributed by atoms with E-state index in [0.29, 0.717) is 27.4 Å². The Morgan fingerprint density at radius 1 is 1.06 bits per heavy atom. The molecule has 11 heteroatoms. The summed E-state index contributed by atoms with van der Waals surface area (Å²) in [5.74, 6) is -3.50. The average Bonchev–Trinajstić information content (AvgIpc) is 2.79. The summed E-state index contributed by atoms with van der Waals surface area (Å²) in [5.41, 5.74) is 0.352. The van der Waals surface area contributed by atoms with Crippen molar-refractivity contribution < 1.29 is 26.8 Å². The Kier molecular flexibility index (Phi) is 10.0. The van der Waals surface area contributed by atoms with E-state index in [9.17, 15) is 26.8 Å². The van der Waals surface area contributed by atoms with Gasteiger partial charge in [-0.05, 0) is 43.5 Å². The number of anilines is 1. The number of carbonyl (C=O) groups is 2. The maximum atomic E-state index is 13.8. The summed E-state index contributed by atoms with van der Waals surface area (Å²) in [7, 11) is -4.06. The predicted molar refractivity (Wildman–Crippen MR) is 133 cm³/mol. The molecule has 0 aromatic heterocycles. The van der Waals surface area contributed by atoms with Crippen molar-refractivity contribution in [2.75, 3.05) is 17.1 Å². The van der Waals surface area contributed by atoms with Crippen LogP contribution in [0.4, 0.5) is 14.5 Å². The highest BCUT2D eigenvalue weighted by atomic mass is 35.5. The zero-order valence-electron chi connectivity index (χ0n) is 20.1. The SMILES string of the molecule is CCC(C)NC(=O)C(CC)N(Cc1ccccc1Cl)C(=O)CN(c1ccc(F)c(F)c1)S(C)(=O)=O. The Morgan fingerprint density at radius 3 is 2.26 bits per heavy atom. The van der Waals surface area contributed by atoms with Crippen LogP contribution in [-0.4, -0.2) is 50.0 Å². The Hall–Kier alpha value is -2.72. The van der Waals surface area contributed by atoms with Crippen LogP contribution < -0.4 is 9.62 Å². The van der Waals surface area contributed by atoms with E-state index in [2.05, 4.69) is 5.32 Å². The van der Waals surface area contributed by atoms with Crippen LogP contribution in [0.1, 0.15) is 39.2 Å². The summed E-state index contributed by atoms with van der Waals surface area (Å²) in [6.45, 7) is 4.70. The number of nitrogens with zero attached hydrogens (tertiary/aromatic N) is 2. The van der Waals surface area contributed by atoms with E-state index >= 15 is 0 Å². The van der Waals surface area contributed by atoms with Gasteiger partial charge in [0.2, 0.25) is 21.8 Å². The minimum absolute atomic E-state index is 0.0552. The van der Waals surface area contributed by atoms with E-state index in [4.69, 9.17) is 11.6 Å². The van der Waals surface area contributed by atoms with Crippen molar-refractivity contribution in [1.29, 1.82) is 0 Å². The first-order valence-corrected chi connectivity index (χ1v) is 13.4. The molecular formula is C24H30ClF2N3O4S. The van der Waals surface area contributed by atoms with Crippen LogP contribution in [-0.2, 0) is 26.2 Å². The van der Waals surface area contributed by atoms with Crippen LogP contribution in [0.25, 0.3) is 0 Å². The van der Waals surface area contributed by atoms with Gasteiger partial charge in [0, 0.05) is 23.7 Å². The van der Waals surface area contributed by atoms with Crippen molar-refractivity contribution in [2.45, 2.75) is 52.2 Å². The molecule has 1 N–H and O–H groups in total. The highest BCUT2D eigenvalue weighted by Crippen LogP contribution is 2.23. The third-order valence-electron chi connectivity index (χ3n) is 5.56. The van der Waals surface area contributed by atoms with Crippen LogP contribution >= 0.6 is 11.6 Å². The largest absolute Gasteiger partial charge is 0.352 e. The van der Waals surface area contributed by atoms with Crippen molar-refractivity contribution in [3.05, 3.63) is 64.7 Å². The van der Waals surface area contributed by atoms with Crippen LogP contribution in [0, 0.1) is 11.6 Å². The second-order valence-electron chi connectivity index (χ2n) is 8.22. The highest BCUT2D eigenvalue weighted by molar-refractivity contribution is 7.92. The molecular weight excluding hydrogens is 500 g/mol. The second-order valence-corrected chi connectivity index (χ2v) is 10.5. The minimum Gasteiger partial charge on any atom is -0.352 e. The van der Waals surface area contributed by atoms with Gasteiger partial charge in [0.05, 0.1) is 11.9 Å². The fourth-order valence-corrected chi connectivity index (χ4v) is 4.46. The van der Waals surface area contributed by atoms with E-state index in [1.54, 1.807) is 31.2 Å². The van der Waals surface area contributed by atoms with Gasteiger partial charge in [-0.15, -0.1) is 0 Å². The molecule has 0 fully saturated rings. The second kappa shape index (κ2) is 12.3. The summed E-state index contributed by atoms with van der Waals surface area (Å²) in [6, 6.07) is 8.29. The Morgan fingerprint density at radius 2 is 1.71 bits per heavy atom. The smallest absolute Gasteiger partial charge is 0.244 e. The fraction of sp³-hybridized carbons (Fsp3) is 0.417. The molecule has 35 heavy (non-hydrogen) atoms. The normalized spacial score (nSPS) is 13.1. The molecule has 192 valence electrons. The molecule has 2 amide bonds. The van der Waals surface area contributed by atoms with Crippen molar-refractivity contribution >= 4 is 39.1 Å². The topological polar surface area (TPSA) is 86.8 Å². The number of hydrogen-bond acceptors (Lipinski definition) is 4. The van der Waals surface area contributed by atoms with Crippen molar-refractivity contribution in [1.82, 2.24) is 10.2 Å². The monoisotopic (exact) mass is 529 g/mol. The predicted octanol–water partition coefficient (Wildman–Crippen LogP) is 4.11. The van der Waals surface area contributed by atoms with Crippen molar-refractivity contribution in [2.24, 2.45) is 0 Å². The number of rotatable bonds is 11. The Balaban J connectivity index is 2.47. The van der Waals surface area contributed by atoms with Crippen LogP contribution in [0.3, 0.4) is 0 Å². The van der Waals surface area contributed by atoms with E-state index < -0.39 is 40.2 Å². The maximum absolute atomic E-state index is 13.8. The first kappa shape index (κ1) is 28.5. The zero-order valence-corrected chi connectivity index (χ0v) is 21.7. The van der Waals surface area contributed by atoms with Gasteiger partial charge in [-0.2, -0.15) is 0 Å². The van der Waals surface area contributed by atoms with Gasteiger partial charge >= 0.3 is 0 Å². The molecule has 0 saturated carbocycles. The molecule has 0 saturated heterocycles. The van der Waals surface area contributed by atoms with Gasteiger partial charge < -0.3 is 10.2 Å². The van der Waals surface area contributed by atoms with Gasteiger partial charge in [0.1, 0.15) is 12.6 Å². The lowest BCUT2D eigenvalue weighted by molar-refractivity contribution is -0.140. The summed E-state index contributed by atoms with van der Waals surface area (Å²) >= 11 is 6.29. The molecule has 0 spiro atoms. The van der Waals surface area contributed by atoms with E-state index in [1.807, 2.05) is 13.8 Å². The van der Waals surface area contributed by atoms with Gasteiger partial charge in [0.25, 0.3) is 0 Å². The summed E-state index contributed by atoms with van der Waals surface area (Å²) in [6.07, 6.45) is 1.79. The third-order valence-corrected chi connectivity index (χ3v) is 7.07. The van der Waals surface area contributed by atoms with Crippen LogP contribution in [0.2, 0.25) is 5.02 Å². The van der Waals surface area contributed by atoms with E-state index in [1.165, 1.54) is 4.90 Å². The molecule has 0 aliphatic carbocycles. The maximum Gasteiger partial charge on any atom is 0.244 e. The highest BCUT2D eigenvalue weighted by Gasteiger charge is 2.32.